The molecule has 5 nitrogen and oxygen atoms in total. The normalized spacial score (nSPS) is 24.6. The lowest BCUT2D eigenvalue weighted by Crippen LogP contribution is -2.32. The van der Waals surface area contributed by atoms with Crippen LogP contribution < -0.4 is 5.32 Å². The summed E-state index contributed by atoms with van der Waals surface area (Å²) in [5.41, 5.74) is 0. The molecule has 1 fully saturated rings. The second-order valence-electron chi connectivity index (χ2n) is 5.09. The van der Waals surface area contributed by atoms with Gasteiger partial charge in [0.2, 0.25) is 5.82 Å². The summed E-state index contributed by atoms with van der Waals surface area (Å²) in [6, 6.07) is 0. The van der Waals surface area contributed by atoms with Gasteiger partial charge in [-0.25, -0.2) is 4.98 Å². The minimum Gasteiger partial charge on any atom is -0.349 e. The number of aromatic amines is 1. The van der Waals surface area contributed by atoms with Crippen molar-refractivity contribution in [3.05, 3.63) is 11.6 Å². The van der Waals surface area contributed by atoms with Crippen molar-refractivity contribution in [3.8, 4) is 0 Å². The first kappa shape index (κ1) is 12.1. The van der Waals surface area contributed by atoms with E-state index < -0.39 is 0 Å². The van der Waals surface area contributed by atoms with Crippen molar-refractivity contribution in [1.82, 2.24) is 20.5 Å². The first-order valence-corrected chi connectivity index (χ1v) is 6.32. The Balaban J connectivity index is 1.80. The standard InChI is InChI=1S/C12H20N4O/c1-8-4-3-5-10(6-8)7-13-12(17)11-14-9(2)15-16-11/h8,10H,3-7H2,1-2H3,(H,13,17)(H,14,15,16). The molecule has 17 heavy (non-hydrogen) atoms. The maximum Gasteiger partial charge on any atom is 0.290 e. The summed E-state index contributed by atoms with van der Waals surface area (Å²) in [6.45, 7) is 4.82. The third kappa shape index (κ3) is 3.28. The molecule has 0 saturated heterocycles. The summed E-state index contributed by atoms with van der Waals surface area (Å²) < 4.78 is 0. The lowest BCUT2D eigenvalue weighted by molar-refractivity contribution is 0.0930. The summed E-state index contributed by atoms with van der Waals surface area (Å²) in [5.74, 6) is 2.14. The monoisotopic (exact) mass is 236 g/mol. The van der Waals surface area contributed by atoms with Crippen LogP contribution in [-0.2, 0) is 0 Å². The molecule has 0 spiro atoms. The van der Waals surface area contributed by atoms with Crippen molar-refractivity contribution < 1.29 is 4.79 Å². The highest BCUT2D eigenvalue weighted by Gasteiger charge is 2.20. The van der Waals surface area contributed by atoms with Gasteiger partial charge in [0.15, 0.2) is 0 Å². The van der Waals surface area contributed by atoms with E-state index in [2.05, 4.69) is 27.4 Å². The zero-order valence-corrected chi connectivity index (χ0v) is 10.5. The van der Waals surface area contributed by atoms with Crippen molar-refractivity contribution in [1.29, 1.82) is 0 Å². The van der Waals surface area contributed by atoms with Crippen LogP contribution in [0.2, 0.25) is 0 Å². The molecular formula is C12H20N4O. The van der Waals surface area contributed by atoms with E-state index in [0.29, 0.717) is 11.7 Å². The third-order valence-electron chi connectivity index (χ3n) is 3.40. The largest absolute Gasteiger partial charge is 0.349 e. The van der Waals surface area contributed by atoms with Crippen LogP contribution in [0.4, 0.5) is 0 Å². The van der Waals surface area contributed by atoms with Crippen LogP contribution in [-0.4, -0.2) is 27.6 Å². The van der Waals surface area contributed by atoms with Crippen molar-refractivity contribution in [3.63, 3.8) is 0 Å². The fourth-order valence-electron chi connectivity index (χ4n) is 2.51. The van der Waals surface area contributed by atoms with Gasteiger partial charge in [-0.05, 0) is 31.6 Å². The molecule has 1 aliphatic rings. The summed E-state index contributed by atoms with van der Waals surface area (Å²) >= 11 is 0. The summed E-state index contributed by atoms with van der Waals surface area (Å²) in [5, 5.41) is 9.44. The van der Waals surface area contributed by atoms with Gasteiger partial charge in [-0.3, -0.25) is 9.89 Å². The quantitative estimate of drug-likeness (QED) is 0.838. The highest BCUT2D eigenvalue weighted by Crippen LogP contribution is 2.27. The number of aromatic nitrogens is 3. The lowest BCUT2D eigenvalue weighted by atomic mass is 9.82. The van der Waals surface area contributed by atoms with Gasteiger partial charge in [-0.2, -0.15) is 0 Å². The molecule has 0 aromatic carbocycles. The van der Waals surface area contributed by atoms with E-state index in [-0.39, 0.29) is 11.7 Å². The second-order valence-corrected chi connectivity index (χ2v) is 5.09. The van der Waals surface area contributed by atoms with Crippen LogP contribution in [0.15, 0.2) is 0 Å². The molecule has 5 heteroatoms. The summed E-state index contributed by atoms with van der Waals surface area (Å²) in [7, 11) is 0. The van der Waals surface area contributed by atoms with E-state index in [1.54, 1.807) is 6.92 Å². The predicted molar refractivity (Wildman–Crippen MR) is 64.6 cm³/mol. The van der Waals surface area contributed by atoms with E-state index in [1.165, 1.54) is 25.7 Å². The average Bonchev–Trinajstić information content (AvgIpc) is 2.73. The van der Waals surface area contributed by atoms with E-state index in [4.69, 9.17) is 0 Å². The Kier molecular flexibility index (Phi) is 3.76. The lowest BCUT2D eigenvalue weighted by Gasteiger charge is -2.26. The molecule has 0 aliphatic heterocycles. The van der Waals surface area contributed by atoms with E-state index in [0.717, 1.165) is 12.5 Å². The topological polar surface area (TPSA) is 70.7 Å². The fourth-order valence-corrected chi connectivity index (χ4v) is 2.51. The maximum absolute atomic E-state index is 11.7. The number of aryl methyl sites for hydroxylation is 1. The molecular weight excluding hydrogens is 216 g/mol. The number of rotatable bonds is 3. The van der Waals surface area contributed by atoms with Crippen LogP contribution in [0.1, 0.15) is 49.1 Å². The van der Waals surface area contributed by atoms with E-state index in [9.17, 15) is 4.79 Å². The molecule has 1 amide bonds. The molecule has 0 bridgehead atoms. The molecule has 0 radical (unpaired) electrons. The van der Waals surface area contributed by atoms with Crippen molar-refractivity contribution in [2.75, 3.05) is 6.54 Å². The number of nitrogens with zero attached hydrogens (tertiary/aromatic N) is 2. The number of hydrogen-bond donors (Lipinski definition) is 2. The fraction of sp³-hybridized carbons (Fsp3) is 0.750. The molecule has 1 aromatic rings. The minimum atomic E-state index is -0.174. The Morgan fingerprint density at radius 1 is 1.53 bits per heavy atom. The van der Waals surface area contributed by atoms with Gasteiger partial charge in [0.25, 0.3) is 5.91 Å². The van der Waals surface area contributed by atoms with Gasteiger partial charge < -0.3 is 5.32 Å². The second kappa shape index (κ2) is 5.29. The van der Waals surface area contributed by atoms with Crippen LogP contribution >= 0.6 is 0 Å². The number of hydrogen-bond acceptors (Lipinski definition) is 3. The predicted octanol–water partition coefficient (Wildman–Crippen LogP) is 1.67. The Morgan fingerprint density at radius 3 is 3.00 bits per heavy atom. The van der Waals surface area contributed by atoms with Crippen molar-refractivity contribution >= 4 is 5.91 Å². The van der Waals surface area contributed by atoms with E-state index >= 15 is 0 Å². The van der Waals surface area contributed by atoms with Crippen LogP contribution in [0.25, 0.3) is 0 Å². The van der Waals surface area contributed by atoms with Crippen molar-refractivity contribution in [2.45, 2.75) is 39.5 Å². The summed E-state index contributed by atoms with van der Waals surface area (Å²) in [4.78, 5) is 15.7. The number of H-pyrrole nitrogens is 1. The van der Waals surface area contributed by atoms with Crippen LogP contribution in [0, 0.1) is 18.8 Å². The number of carbonyl (C=O) groups excluding carboxylic acids is 1. The van der Waals surface area contributed by atoms with Gasteiger partial charge in [-0.15, -0.1) is 5.10 Å². The van der Waals surface area contributed by atoms with Gasteiger partial charge in [0.1, 0.15) is 5.82 Å². The molecule has 1 heterocycles. The molecule has 2 rings (SSSR count). The summed E-state index contributed by atoms with van der Waals surface area (Å²) in [6.07, 6.45) is 5.04. The Labute approximate surface area is 101 Å². The molecule has 1 aliphatic carbocycles. The van der Waals surface area contributed by atoms with Crippen molar-refractivity contribution in [2.24, 2.45) is 11.8 Å². The van der Waals surface area contributed by atoms with Gasteiger partial charge >= 0.3 is 0 Å². The van der Waals surface area contributed by atoms with Gasteiger partial charge in [0.05, 0.1) is 0 Å². The first-order chi connectivity index (χ1) is 8.15. The number of nitrogens with one attached hydrogen (secondary N) is 2. The molecule has 2 N–H and O–H groups in total. The number of amides is 1. The molecule has 2 atom stereocenters. The minimum absolute atomic E-state index is 0.174. The highest BCUT2D eigenvalue weighted by atomic mass is 16.2. The first-order valence-electron chi connectivity index (χ1n) is 6.32. The third-order valence-corrected chi connectivity index (χ3v) is 3.40. The molecule has 1 saturated carbocycles. The Morgan fingerprint density at radius 2 is 2.35 bits per heavy atom. The van der Waals surface area contributed by atoms with Gasteiger partial charge in [-0.1, -0.05) is 19.8 Å². The van der Waals surface area contributed by atoms with E-state index in [1.807, 2.05) is 0 Å². The van der Waals surface area contributed by atoms with Crippen LogP contribution in [0.3, 0.4) is 0 Å². The highest BCUT2D eigenvalue weighted by molar-refractivity contribution is 5.90. The SMILES string of the molecule is Cc1nc(C(=O)NCC2CCCC(C)C2)n[nH]1. The zero-order valence-electron chi connectivity index (χ0n) is 10.5. The molecule has 1 aromatic heterocycles. The Hall–Kier alpha value is -1.39. The zero-order chi connectivity index (χ0) is 12.3. The number of carbonyl (C=O) groups is 1. The van der Waals surface area contributed by atoms with Gasteiger partial charge in [0, 0.05) is 6.54 Å². The Bertz CT molecular complexity index is 388. The average molecular weight is 236 g/mol. The molecule has 2 unspecified atom stereocenters. The molecule has 94 valence electrons. The smallest absolute Gasteiger partial charge is 0.290 e. The van der Waals surface area contributed by atoms with Crippen LogP contribution in [0.5, 0.6) is 0 Å². The maximum atomic E-state index is 11.7.